The molecule has 1 aliphatic rings. The van der Waals surface area contributed by atoms with Gasteiger partial charge in [0.1, 0.15) is 0 Å². The highest BCUT2D eigenvalue weighted by molar-refractivity contribution is 9.10. The molecule has 1 N–H and O–H groups in total. The van der Waals surface area contributed by atoms with Crippen LogP contribution in [0.1, 0.15) is 22.5 Å². The van der Waals surface area contributed by atoms with E-state index in [9.17, 15) is 9.59 Å². The monoisotopic (exact) mass is 390 g/mol. The Morgan fingerprint density at radius 2 is 1.91 bits per heavy atom. The average Bonchev–Trinajstić information content (AvgIpc) is 2.93. The number of hydrogen-bond donors (Lipinski definition) is 1. The first-order valence-electron chi connectivity index (χ1n) is 7.07. The molecule has 6 heteroatoms. The number of carbonyl (C=O) groups is 2. The number of rotatable bonds is 2. The lowest BCUT2D eigenvalue weighted by molar-refractivity contribution is -0.115. The molecule has 2 amide bonds. The number of amides is 2. The number of nitrogens with zero attached hydrogens (tertiary/aromatic N) is 1. The molecular formula is C17H15BrN2O2S. The number of nitrogens with one attached hydrogen (secondary N) is 1. The van der Waals surface area contributed by atoms with E-state index in [2.05, 4.69) is 44.9 Å². The molecule has 0 bridgehead atoms. The first-order valence-corrected chi connectivity index (χ1v) is 8.68. The smallest absolute Gasteiger partial charge is 0.290 e. The third kappa shape index (κ3) is 3.01. The van der Waals surface area contributed by atoms with Crippen LogP contribution in [0.15, 0.2) is 33.6 Å². The van der Waals surface area contributed by atoms with Gasteiger partial charge in [0.25, 0.3) is 11.1 Å². The molecule has 1 aromatic carbocycles. The standard InChI is InChI=1S/C17H15BrN2O2S/c1-9-6-13(4-5-14(9)18)20-10(2)7-12(11(20)3)8-15-16(21)19-17(22)23-15/h4-8H,1-3H3,(H,19,21,22)/b15-8-. The van der Waals surface area contributed by atoms with Crippen molar-refractivity contribution in [2.24, 2.45) is 0 Å². The van der Waals surface area contributed by atoms with E-state index in [1.807, 2.05) is 26.0 Å². The highest BCUT2D eigenvalue weighted by Gasteiger charge is 2.25. The van der Waals surface area contributed by atoms with E-state index in [1.54, 1.807) is 6.08 Å². The highest BCUT2D eigenvalue weighted by atomic mass is 79.9. The van der Waals surface area contributed by atoms with Gasteiger partial charge < -0.3 is 4.57 Å². The second-order valence-electron chi connectivity index (χ2n) is 5.45. The van der Waals surface area contributed by atoms with Crippen LogP contribution in [-0.4, -0.2) is 15.7 Å². The minimum Gasteiger partial charge on any atom is -0.318 e. The molecule has 0 atom stereocenters. The van der Waals surface area contributed by atoms with E-state index in [0.29, 0.717) is 4.91 Å². The van der Waals surface area contributed by atoms with Crippen LogP contribution >= 0.6 is 27.7 Å². The molecule has 1 aliphatic heterocycles. The SMILES string of the molecule is Cc1cc(-n2c(C)cc(/C=C3\SC(=O)NC3=O)c2C)ccc1Br. The largest absolute Gasteiger partial charge is 0.318 e. The highest BCUT2D eigenvalue weighted by Crippen LogP contribution is 2.29. The van der Waals surface area contributed by atoms with Crippen molar-refractivity contribution in [1.29, 1.82) is 0 Å². The first-order chi connectivity index (χ1) is 10.9. The molecule has 0 radical (unpaired) electrons. The summed E-state index contributed by atoms with van der Waals surface area (Å²) in [7, 11) is 0. The van der Waals surface area contributed by atoms with Gasteiger partial charge in [0.2, 0.25) is 0 Å². The van der Waals surface area contributed by atoms with Gasteiger partial charge in [-0.25, -0.2) is 0 Å². The molecule has 118 valence electrons. The van der Waals surface area contributed by atoms with Gasteiger partial charge in [0, 0.05) is 21.5 Å². The van der Waals surface area contributed by atoms with Crippen molar-refractivity contribution >= 4 is 44.9 Å². The Morgan fingerprint density at radius 1 is 1.17 bits per heavy atom. The predicted molar refractivity (Wildman–Crippen MR) is 96.8 cm³/mol. The van der Waals surface area contributed by atoms with Crippen molar-refractivity contribution in [2.45, 2.75) is 20.8 Å². The molecule has 23 heavy (non-hydrogen) atoms. The fourth-order valence-electron chi connectivity index (χ4n) is 2.66. The second kappa shape index (κ2) is 6.02. The van der Waals surface area contributed by atoms with Crippen LogP contribution in [0.25, 0.3) is 11.8 Å². The summed E-state index contributed by atoms with van der Waals surface area (Å²) in [6.07, 6.45) is 1.77. The Kier molecular flexibility index (Phi) is 4.21. The second-order valence-corrected chi connectivity index (χ2v) is 7.32. The van der Waals surface area contributed by atoms with Crippen molar-refractivity contribution in [1.82, 2.24) is 9.88 Å². The van der Waals surface area contributed by atoms with Crippen LogP contribution in [-0.2, 0) is 4.79 Å². The van der Waals surface area contributed by atoms with Gasteiger partial charge in [0.15, 0.2) is 0 Å². The lowest BCUT2D eigenvalue weighted by atomic mass is 10.2. The van der Waals surface area contributed by atoms with E-state index in [1.165, 1.54) is 0 Å². The number of carbonyl (C=O) groups excluding carboxylic acids is 2. The summed E-state index contributed by atoms with van der Waals surface area (Å²) in [4.78, 5) is 23.4. The topological polar surface area (TPSA) is 51.1 Å². The maximum Gasteiger partial charge on any atom is 0.290 e. The van der Waals surface area contributed by atoms with E-state index >= 15 is 0 Å². The van der Waals surface area contributed by atoms with Crippen LogP contribution in [0.3, 0.4) is 0 Å². The van der Waals surface area contributed by atoms with Crippen molar-refractivity contribution in [2.75, 3.05) is 0 Å². The number of thioether (sulfide) groups is 1. The molecule has 0 aliphatic carbocycles. The summed E-state index contributed by atoms with van der Waals surface area (Å²) in [5.41, 5.74) is 5.28. The fraction of sp³-hybridized carbons (Fsp3) is 0.176. The fourth-order valence-corrected chi connectivity index (χ4v) is 3.58. The Bertz CT molecular complexity index is 868. The zero-order chi connectivity index (χ0) is 16.7. The van der Waals surface area contributed by atoms with E-state index in [4.69, 9.17) is 0 Å². The number of benzene rings is 1. The van der Waals surface area contributed by atoms with Crippen LogP contribution < -0.4 is 5.32 Å². The maximum atomic E-state index is 11.7. The third-order valence-electron chi connectivity index (χ3n) is 3.80. The molecule has 0 unspecified atom stereocenters. The number of aromatic nitrogens is 1. The Labute approximate surface area is 147 Å². The zero-order valence-electron chi connectivity index (χ0n) is 12.9. The lowest BCUT2D eigenvalue weighted by Crippen LogP contribution is -2.17. The van der Waals surface area contributed by atoms with Gasteiger partial charge in [-0.2, -0.15) is 0 Å². The van der Waals surface area contributed by atoms with Crippen molar-refractivity contribution < 1.29 is 9.59 Å². The van der Waals surface area contributed by atoms with Crippen molar-refractivity contribution in [3.63, 3.8) is 0 Å². The molecule has 2 aromatic rings. The molecular weight excluding hydrogens is 376 g/mol. The predicted octanol–water partition coefficient (Wildman–Crippen LogP) is 4.49. The number of hydrogen-bond acceptors (Lipinski definition) is 3. The van der Waals surface area contributed by atoms with Crippen LogP contribution in [0, 0.1) is 20.8 Å². The normalized spacial score (nSPS) is 16.3. The Hall–Kier alpha value is -1.79. The van der Waals surface area contributed by atoms with Gasteiger partial charge in [-0.15, -0.1) is 0 Å². The zero-order valence-corrected chi connectivity index (χ0v) is 15.3. The summed E-state index contributed by atoms with van der Waals surface area (Å²) in [5, 5.41) is 1.96. The van der Waals surface area contributed by atoms with Crippen LogP contribution in [0.4, 0.5) is 4.79 Å². The summed E-state index contributed by atoms with van der Waals surface area (Å²) in [5.74, 6) is -0.329. The third-order valence-corrected chi connectivity index (χ3v) is 5.50. The lowest BCUT2D eigenvalue weighted by Gasteiger charge is -2.11. The Morgan fingerprint density at radius 3 is 2.52 bits per heavy atom. The molecule has 1 aromatic heterocycles. The molecule has 1 saturated heterocycles. The number of halogens is 1. The molecule has 2 heterocycles. The van der Waals surface area contributed by atoms with Gasteiger partial charge in [-0.05, 0) is 74.0 Å². The summed E-state index contributed by atoms with van der Waals surface area (Å²) in [6.45, 7) is 6.09. The van der Waals surface area contributed by atoms with E-state index in [-0.39, 0.29) is 11.1 Å². The van der Waals surface area contributed by atoms with Crippen LogP contribution in [0.5, 0.6) is 0 Å². The molecule has 3 rings (SSSR count). The van der Waals surface area contributed by atoms with Crippen LogP contribution in [0.2, 0.25) is 0 Å². The molecule has 1 fully saturated rings. The first kappa shape index (κ1) is 16.1. The molecule has 4 nitrogen and oxygen atoms in total. The van der Waals surface area contributed by atoms with Gasteiger partial charge >= 0.3 is 0 Å². The molecule has 0 saturated carbocycles. The van der Waals surface area contributed by atoms with Crippen molar-refractivity contribution in [3.05, 3.63) is 56.2 Å². The minimum atomic E-state index is -0.329. The van der Waals surface area contributed by atoms with E-state index in [0.717, 1.165) is 44.4 Å². The van der Waals surface area contributed by atoms with Gasteiger partial charge in [-0.3, -0.25) is 14.9 Å². The Balaban J connectivity index is 2.06. The summed E-state index contributed by atoms with van der Waals surface area (Å²) < 4.78 is 3.22. The van der Waals surface area contributed by atoms with Gasteiger partial charge in [0.05, 0.1) is 4.91 Å². The maximum absolute atomic E-state index is 11.7. The van der Waals surface area contributed by atoms with E-state index < -0.39 is 0 Å². The average molecular weight is 391 g/mol. The van der Waals surface area contributed by atoms with Gasteiger partial charge in [-0.1, -0.05) is 15.9 Å². The number of imide groups is 1. The number of aryl methyl sites for hydroxylation is 2. The minimum absolute atomic E-state index is 0.321. The molecule has 0 spiro atoms. The van der Waals surface area contributed by atoms with Crippen molar-refractivity contribution in [3.8, 4) is 5.69 Å². The summed E-state index contributed by atoms with van der Waals surface area (Å²) in [6, 6.07) is 8.22. The quantitative estimate of drug-likeness (QED) is 0.768. The summed E-state index contributed by atoms with van der Waals surface area (Å²) >= 11 is 4.46.